The van der Waals surface area contributed by atoms with Crippen LogP contribution in [0.4, 0.5) is 0 Å². The molecule has 2 aromatic heterocycles. The van der Waals surface area contributed by atoms with Gasteiger partial charge in [-0.05, 0) is 94.8 Å². The first-order valence-electron chi connectivity index (χ1n) is 22.6. The first kappa shape index (κ1) is 38.6. The number of nitrogens with zero attached hydrogens (tertiary/aromatic N) is 5. The van der Waals surface area contributed by atoms with Crippen molar-refractivity contribution in [2.45, 2.75) is 40.0 Å². The van der Waals surface area contributed by atoms with Crippen molar-refractivity contribution in [3.8, 4) is 50.5 Å². The van der Waals surface area contributed by atoms with Crippen LogP contribution in [0.1, 0.15) is 51.6 Å². The molecule has 4 heterocycles. The molecule has 2 aliphatic heterocycles. The van der Waals surface area contributed by atoms with Gasteiger partial charge in [-0.1, -0.05) is 179 Å². The molecule has 0 bridgehead atoms. The van der Waals surface area contributed by atoms with Gasteiger partial charge in [0.2, 0.25) is 0 Å². The average Bonchev–Trinajstić information content (AvgIpc) is 3.97. The lowest BCUT2D eigenvalue weighted by atomic mass is 9.91. The van der Waals surface area contributed by atoms with E-state index in [1.54, 1.807) is 0 Å². The molecule has 65 heavy (non-hydrogen) atoms. The van der Waals surface area contributed by atoms with Crippen molar-refractivity contribution in [1.29, 1.82) is 0 Å². The Morgan fingerprint density at radius 1 is 0.446 bits per heavy atom. The lowest BCUT2D eigenvalue weighted by molar-refractivity contribution is 0.546. The standard InChI is InChI=1S/C60H47N5/c1-6-43(39-24-14-9-15-25-39)44(7-2)47-32-34-50-57-54(47)62-59(60(3,4)5)65(57)52-37-42(38-22-12-8-13-23-38)36-51-55(52)63(50)49-35-33-48(46-31-21-20-30-45(46)40-26-16-10-17-27-40)53-56(49)64(51)58(61-53)41-28-18-11-19-29-41/h6-37H,1-5H3/b43-6-,44-7+. The van der Waals surface area contributed by atoms with E-state index in [-0.39, 0.29) is 5.41 Å². The zero-order valence-electron chi connectivity index (χ0n) is 37.2. The van der Waals surface area contributed by atoms with Crippen molar-refractivity contribution < 1.29 is 0 Å². The van der Waals surface area contributed by atoms with Crippen LogP contribution in [0.25, 0.3) is 106 Å². The molecule has 0 aliphatic carbocycles. The van der Waals surface area contributed by atoms with E-state index in [1.807, 2.05) is 0 Å². The summed E-state index contributed by atoms with van der Waals surface area (Å²) in [7, 11) is 0. The second kappa shape index (κ2) is 14.8. The highest BCUT2D eigenvalue weighted by atomic mass is 15.2. The summed E-state index contributed by atoms with van der Waals surface area (Å²) in [6.45, 7) is 11.1. The topological polar surface area (TPSA) is 39.5 Å². The summed E-state index contributed by atoms with van der Waals surface area (Å²) in [6, 6.07) is 65.6. The van der Waals surface area contributed by atoms with E-state index in [1.165, 1.54) is 22.3 Å². The molecule has 5 heteroatoms. The molecule has 0 saturated carbocycles. The number of fused-ring (bicyclic) bond motifs is 4. The smallest absolute Gasteiger partial charge is 0.145 e. The van der Waals surface area contributed by atoms with Crippen LogP contribution in [0, 0.1) is 0 Å². The fraction of sp³-hybridized carbons (Fsp3) is 0.100. The summed E-state index contributed by atoms with van der Waals surface area (Å²) in [5, 5.41) is 0. The van der Waals surface area contributed by atoms with E-state index in [4.69, 9.17) is 9.97 Å². The normalized spacial score (nSPS) is 12.9. The first-order chi connectivity index (χ1) is 31.8. The van der Waals surface area contributed by atoms with Gasteiger partial charge in [0, 0.05) is 22.1 Å². The molecule has 0 unspecified atom stereocenters. The minimum absolute atomic E-state index is 0.296. The van der Waals surface area contributed by atoms with Crippen molar-refractivity contribution in [3.63, 3.8) is 0 Å². The predicted molar refractivity (Wildman–Crippen MR) is 272 cm³/mol. The Hall–Kier alpha value is -8.02. The van der Waals surface area contributed by atoms with Crippen LogP contribution in [0.15, 0.2) is 194 Å². The third kappa shape index (κ3) is 5.85. The van der Waals surface area contributed by atoms with Crippen molar-refractivity contribution in [2.75, 3.05) is 0 Å². The van der Waals surface area contributed by atoms with Gasteiger partial charge in [0.1, 0.15) is 11.6 Å². The Balaban J connectivity index is 1.30. The summed E-state index contributed by atoms with van der Waals surface area (Å²) >= 11 is 0. The molecular formula is C60H47N5. The van der Waals surface area contributed by atoms with Crippen LogP contribution in [0.5, 0.6) is 0 Å². The monoisotopic (exact) mass is 837 g/mol. The predicted octanol–water partition coefficient (Wildman–Crippen LogP) is 15.6. The molecule has 12 rings (SSSR count). The van der Waals surface area contributed by atoms with E-state index >= 15 is 0 Å². The van der Waals surface area contributed by atoms with Gasteiger partial charge in [0.05, 0.1) is 49.8 Å². The van der Waals surface area contributed by atoms with Crippen molar-refractivity contribution >= 4 is 55.3 Å². The van der Waals surface area contributed by atoms with E-state index < -0.39 is 0 Å². The molecule has 8 aromatic carbocycles. The molecule has 0 saturated heterocycles. The molecule has 0 atom stereocenters. The summed E-state index contributed by atoms with van der Waals surface area (Å²) in [5.41, 5.74) is 21.9. The van der Waals surface area contributed by atoms with Crippen LogP contribution in [-0.2, 0) is 5.41 Å². The summed E-state index contributed by atoms with van der Waals surface area (Å²) in [5.74, 6) is 1.92. The quantitative estimate of drug-likeness (QED) is 0.0911. The van der Waals surface area contributed by atoms with Gasteiger partial charge < -0.3 is 4.57 Å². The van der Waals surface area contributed by atoms with E-state index in [0.29, 0.717) is 0 Å². The summed E-state index contributed by atoms with van der Waals surface area (Å²) < 4.78 is 7.43. The van der Waals surface area contributed by atoms with Gasteiger partial charge in [-0.3, -0.25) is 8.80 Å². The molecule has 0 amide bonds. The Kier molecular flexibility index (Phi) is 8.79. The number of imidazole rings is 2. The highest BCUT2D eigenvalue weighted by Gasteiger charge is 2.32. The van der Waals surface area contributed by atoms with Gasteiger partial charge in [0.25, 0.3) is 0 Å². The summed E-state index contributed by atoms with van der Waals surface area (Å²) in [4.78, 5) is 11.5. The van der Waals surface area contributed by atoms with Crippen molar-refractivity contribution in [3.05, 3.63) is 211 Å². The Bertz CT molecular complexity index is 3780. The number of aromatic nitrogens is 5. The van der Waals surface area contributed by atoms with Gasteiger partial charge in [0.15, 0.2) is 0 Å². The summed E-state index contributed by atoms with van der Waals surface area (Å²) in [6.07, 6.45) is 4.48. The molecule has 0 N–H and O–H groups in total. The number of benzene rings is 8. The Morgan fingerprint density at radius 3 is 1.62 bits per heavy atom. The third-order valence-corrected chi connectivity index (χ3v) is 13.2. The van der Waals surface area contributed by atoms with Crippen LogP contribution < -0.4 is 0 Å². The second-order valence-corrected chi connectivity index (χ2v) is 18.1. The van der Waals surface area contributed by atoms with E-state index in [9.17, 15) is 0 Å². The average molecular weight is 838 g/mol. The first-order valence-corrected chi connectivity index (χ1v) is 22.6. The van der Waals surface area contributed by atoms with E-state index in [2.05, 4.69) is 242 Å². The maximum absolute atomic E-state index is 5.75. The van der Waals surface area contributed by atoms with Gasteiger partial charge >= 0.3 is 0 Å². The molecule has 2 aliphatic rings. The molecule has 10 aromatic rings. The zero-order valence-corrected chi connectivity index (χ0v) is 37.2. The minimum atomic E-state index is -0.296. The second-order valence-electron chi connectivity index (χ2n) is 18.1. The molecule has 5 nitrogen and oxygen atoms in total. The maximum atomic E-state index is 5.75. The SMILES string of the molecule is C/C=C(\C(=C/C)c1ccc2c3c1nc(C(C)(C)C)n3c1cc(-c3ccccc3)cc3c1-n2c1ccc(-c2ccccc2-c2ccccc2)c2nc(-c4ccccc4)n3c21)c1ccccc1. The number of allylic oxidation sites excluding steroid dienone is 4. The lowest BCUT2D eigenvalue weighted by Gasteiger charge is -2.27. The lowest BCUT2D eigenvalue weighted by Crippen LogP contribution is -2.18. The maximum Gasteiger partial charge on any atom is 0.145 e. The molecule has 0 radical (unpaired) electrons. The molecule has 312 valence electrons. The van der Waals surface area contributed by atoms with Crippen LogP contribution >= 0.6 is 0 Å². The Labute approximate surface area is 378 Å². The highest BCUT2D eigenvalue weighted by molar-refractivity contribution is 6.15. The molecular weight excluding hydrogens is 791 g/mol. The van der Waals surface area contributed by atoms with Gasteiger partial charge in [-0.2, -0.15) is 0 Å². The van der Waals surface area contributed by atoms with E-state index in [0.717, 1.165) is 100 Å². The number of rotatable bonds is 7. The number of hydrogen-bond acceptors (Lipinski definition) is 2. The van der Waals surface area contributed by atoms with Gasteiger partial charge in [-0.15, -0.1) is 0 Å². The fourth-order valence-electron chi connectivity index (χ4n) is 10.4. The molecule has 0 spiro atoms. The van der Waals surface area contributed by atoms with Crippen LogP contribution in [0.2, 0.25) is 0 Å². The number of hydrogen-bond donors (Lipinski definition) is 0. The van der Waals surface area contributed by atoms with Gasteiger partial charge in [-0.25, -0.2) is 9.97 Å². The third-order valence-electron chi connectivity index (χ3n) is 13.2. The van der Waals surface area contributed by atoms with Crippen LogP contribution in [0.3, 0.4) is 0 Å². The largest absolute Gasteiger partial charge is 0.302 e. The fourth-order valence-corrected chi connectivity index (χ4v) is 10.4. The molecule has 0 fully saturated rings. The minimum Gasteiger partial charge on any atom is -0.302 e. The Morgan fingerprint density at radius 2 is 0.985 bits per heavy atom. The highest BCUT2D eigenvalue weighted by Crippen LogP contribution is 2.48. The zero-order chi connectivity index (χ0) is 44.0. The van der Waals surface area contributed by atoms with Crippen molar-refractivity contribution in [1.82, 2.24) is 23.3 Å². The van der Waals surface area contributed by atoms with Crippen LogP contribution in [-0.4, -0.2) is 23.3 Å². The van der Waals surface area contributed by atoms with Crippen molar-refractivity contribution in [2.24, 2.45) is 0 Å².